The summed E-state index contributed by atoms with van der Waals surface area (Å²) in [5.41, 5.74) is -0.437. The van der Waals surface area contributed by atoms with Crippen molar-refractivity contribution in [2.24, 2.45) is 0 Å². The highest BCUT2D eigenvalue weighted by molar-refractivity contribution is 7.12. The highest BCUT2D eigenvalue weighted by Crippen LogP contribution is 2.37. The molecule has 0 spiro atoms. The maximum atomic E-state index is 5.96. The average Bonchev–Trinajstić information content (AvgIpc) is 2.56. The molecule has 0 unspecified atom stereocenters. The Labute approximate surface area is 102 Å². The molecule has 1 fully saturated rings. The van der Waals surface area contributed by atoms with Gasteiger partial charge in [-0.25, -0.2) is 0 Å². The summed E-state index contributed by atoms with van der Waals surface area (Å²) in [6.45, 7) is 10.5. The van der Waals surface area contributed by atoms with E-state index < -0.39 is 0 Å². The smallest absolute Gasteiger partial charge is 0.403 e. The second kappa shape index (κ2) is 3.86. The first kappa shape index (κ1) is 12.2. The van der Waals surface area contributed by atoms with E-state index in [1.165, 1.54) is 9.75 Å². The molecule has 0 bridgehead atoms. The predicted molar refractivity (Wildman–Crippen MR) is 68.8 cm³/mol. The summed E-state index contributed by atoms with van der Waals surface area (Å²) in [6.07, 6.45) is 0.853. The third-order valence-corrected chi connectivity index (χ3v) is 4.49. The SMILES string of the molecule is Cc1ccc(CB2OC(C)(C)C(C)(C)O2)s1. The van der Waals surface area contributed by atoms with Crippen LogP contribution in [0.25, 0.3) is 0 Å². The van der Waals surface area contributed by atoms with Crippen LogP contribution in [0.5, 0.6) is 0 Å². The van der Waals surface area contributed by atoms with Gasteiger partial charge in [0, 0.05) is 16.1 Å². The first-order valence-electron chi connectivity index (χ1n) is 5.71. The van der Waals surface area contributed by atoms with Gasteiger partial charge in [0.05, 0.1) is 11.2 Å². The van der Waals surface area contributed by atoms with Gasteiger partial charge in [-0.1, -0.05) is 0 Å². The number of hydrogen-bond acceptors (Lipinski definition) is 3. The molecule has 0 aliphatic carbocycles. The number of hydrogen-bond donors (Lipinski definition) is 0. The molecule has 0 amide bonds. The minimum absolute atomic E-state index is 0.108. The standard InChI is InChI=1S/C12H19BO2S/c1-9-6-7-10(16-9)8-13-14-11(2,3)12(4,5)15-13/h6-7H,8H2,1-5H3. The summed E-state index contributed by atoms with van der Waals surface area (Å²) in [7, 11) is -0.108. The Morgan fingerprint density at radius 1 is 1.12 bits per heavy atom. The Balaban J connectivity index is 2.04. The molecule has 0 atom stereocenters. The summed E-state index contributed by atoms with van der Waals surface area (Å²) in [5.74, 6) is 0. The van der Waals surface area contributed by atoms with Crippen molar-refractivity contribution in [2.45, 2.75) is 52.1 Å². The normalized spacial score (nSPS) is 22.7. The van der Waals surface area contributed by atoms with E-state index in [0.29, 0.717) is 0 Å². The molecule has 4 heteroatoms. The van der Waals surface area contributed by atoms with Crippen LogP contribution in [0.2, 0.25) is 0 Å². The first-order valence-corrected chi connectivity index (χ1v) is 6.53. The fraction of sp³-hybridized carbons (Fsp3) is 0.667. The summed E-state index contributed by atoms with van der Waals surface area (Å²) < 4.78 is 11.9. The monoisotopic (exact) mass is 238 g/mol. The van der Waals surface area contributed by atoms with Gasteiger partial charge < -0.3 is 9.31 Å². The molecule has 1 aliphatic rings. The Morgan fingerprint density at radius 2 is 1.69 bits per heavy atom. The summed E-state index contributed by atoms with van der Waals surface area (Å²) in [6, 6.07) is 4.30. The highest BCUT2D eigenvalue weighted by Gasteiger charge is 2.50. The van der Waals surface area contributed by atoms with Gasteiger partial charge in [0.25, 0.3) is 0 Å². The molecule has 2 heterocycles. The lowest BCUT2D eigenvalue weighted by atomic mass is 9.84. The predicted octanol–water partition coefficient (Wildman–Crippen LogP) is 3.23. The van der Waals surface area contributed by atoms with E-state index in [-0.39, 0.29) is 18.3 Å². The van der Waals surface area contributed by atoms with E-state index >= 15 is 0 Å². The quantitative estimate of drug-likeness (QED) is 0.736. The molecule has 2 nitrogen and oxygen atoms in total. The van der Waals surface area contributed by atoms with Crippen LogP contribution in [-0.4, -0.2) is 18.3 Å². The Morgan fingerprint density at radius 3 is 2.12 bits per heavy atom. The average molecular weight is 238 g/mol. The lowest BCUT2D eigenvalue weighted by Gasteiger charge is -2.32. The van der Waals surface area contributed by atoms with Crippen molar-refractivity contribution in [1.29, 1.82) is 0 Å². The van der Waals surface area contributed by atoms with Crippen molar-refractivity contribution in [3.8, 4) is 0 Å². The zero-order chi connectivity index (χ0) is 12.0. The van der Waals surface area contributed by atoms with Crippen LogP contribution in [0.3, 0.4) is 0 Å². The summed E-state index contributed by atoms with van der Waals surface area (Å²) in [4.78, 5) is 2.67. The molecule has 2 rings (SSSR count). The van der Waals surface area contributed by atoms with Crippen LogP contribution in [0.15, 0.2) is 12.1 Å². The lowest BCUT2D eigenvalue weighted by molar-refractivity contribution is 0.00578. The molecule has 1 aliphatic heterocycles. The zero-order valence-electron chi connectivity index (χ0n) is 10.7. The van der Waals surface area contributed by atoms with Crippen molar-refractivity contribution in [3.63, 3.8) is 0 Å². The first-order chi connectivity index (χ1) is 7.30. The summed E-state index contributed by atoms with van der Waals surface area (Å²) in [5, 5.41) is 0. The number of rotatable bonds is 2. The van der Waals surface area contributed by atoms with Gasteiger partial charge in [-0.15, -0.1) is 11.3 Å². The minimum Gasteiger partial charge on any atom is -0.403 e. The maximum Gasteiger partial charge on any atom is 0.463 e. The van der Waals surface area contributed by atoms with Crippen molar-refractivity contribution < 1.29 is 9.31 Å². The van der Waals surface area contributed by atoms with Crippen molar-refractivity contribution in [2.75, 3.05) is 0 Å². The van der Waals surface area contributed by atoms with Gasteiger partial charge in [-0.05, 0) is 46.8 Å². The van der Waals surface area contributed by atoms with Gasteiger partial charge in [0.1, 0.15) is 0 Å². The topological polar surface area (TPSA) is 18.5 Å². The van der Waals surface area contributed by atoms with Gasteiger partial charge >= 0.3 is 7.12 Å². The van der Waals surface area contributed by atoms with Crippen molar-refractivity contribution in [1.82, 2.24) is 0 Å². The zero-order valence-corrected chi connectivity index (χ0v) is 11.5. The number of aryl methyl sites for hydroxylation is 1. The molecular weight excluding hydrogens is 219 g/mol. The second-order valence-corrected chi connectivity index (χ2v) is 6.77. The van der Waals surface area contributed by atoms with Gasteiger partial charge in [-0.2, -0.15) is 0 Å². The Hall–Kier alpha value is -0.315. The van der Waals surface area contributed by atoms with Crippen LogP contribution in [0.4, 0.5) is 0 Å². The highest BCUT2D eigenvalue weighted by atomic mass is 32.1. The minimum atomic E-state index is -0.218. The molecule has 88 valence electrons. The fourth-order valence-electron chi connectivity index (χ4n) is 1.81. The molecule has 1 aromatic rings. The molecule has 0 aromatic carbocycles. The van der Waals surface area contributed by atoms with Gasteiger partial charge in [-0.3, -0.25) is 0 Å². The van der Waals surface area contributed by atoms with Crippen LogP contribution >= 0.6 is 11.3 Å². The number of thiophene rings is 1. The van der Waals surface area contributed by atoms with Crippen LogP contribution in [0, 0.1) is 6.92 Å². The molecule has 0 radical (unpaired) electrons. The van der Waals surface area contributed by atoms with E-state index in [0.717, 1.165) is 6.32 Å². The van der Waals surface area contributed by atoms with Gasteiger partial charge in [0.15, 0.2) is 0 Å². The van der Waals surface area contributed by atoms with E-state index in [9.17, 15) is 0 Å². The Bertz CT molecular complexity index is 368. The third-order valence-electron chi connectivity index (χ3n) is 3.47. The lowest BCUT2D eigenvalue weighted by Crippen LogP contribution is -2.41. The van der Waals surface area contributed by atoms with Gasteiger partial charge in [0.2, 0.25) is 0 Å². The van der Waals surface area contributed by atoms with E-state index in [1.54, 1.807) is 0 Å². The largest absolute Gasteiger partial charge is 0.463 e. The van der Waals surface area contributed by atoms with Crippen LogP contribution in [-0.2, 0) is 15.6 Å². The van der Waals surface area contributed by atoms with Crippen molar-refractivity contribution in [3.05, 3.63) is 21.9 Å². The third kappa shape index (κ3) is 2.19. The van der Waals surface area contributed by atoms with Crippen molar-refractivity contribution >= 4 is 18.5 Å². The van der Waals surface area contributed by atoms with Crippen LogP contribution < -0.4 is 0 Å². The molecule has 0 N–H and O–H groups in total. The maximum absolute atomic E-state index is 5.96. The van der Waals surface area contributed by atoms with E-state index in [2.05, 4.69) is 46.8 Å². The summed E-state index contributed by atoms with van der Waals surface area (Å²) >= 11 is 1.81. The van der Waals surface area contributed by atoms with E-state index in [4.69, 9.17) is 9.31 Å². The molecule has 0 saturated carbocycles. The Kier molecular flexibility index (Phi) is 2.93. The van der Waals surface area contributed by atoms with E-state index in [1.807, 2.05) is 11.3 Å². The molecular formula is C12H19BO2S. The molecule has 16 heavy (non-hydrogen) atoms. The second-order valence-electron chi connectivity index (χ2n) is 5.40. The molecule has 1 aromatic heterocycles. The fourth-order valence-corrected chi connectivity index (χ4v) is 2.71. The van der Waals surface area contributed by atoms with Crippen LogP contribution in [0.1, 0.15) is 37.4 Å². The molecule has 1 saturated heterocycles.